The minimum Gasteiger partial charge on any atom is -0.380 e. The summed E-state index contributed by atoms with van der Waals surface area (Å²) in [5.41, 5.74) is 3.04. The van der Waals surface area contributed by atoms with Crippen LogP contribution in [0.15, 0.2) is 42.6 Å². The predicted octanol–water partition coefficient (Wildman–Crippen LogP) is 3.54. The van der Waals surface area contributed by atoms with E-state index in [4.69, 9.17) is 16.3 Å². The van der Waals surface area contributed by atoms with Gasteiger partial charge in [0.05, 0.1) is 11.6 Å². The maximum atomic E-state index is 12.6. The van der Waals surface area contributed by atoms with Crippen molar-refractivity contribution < 1.29 is 14.3 Å². The number of carbonyl (C=O) groups is 2. The molecule has 4 rings (SSSR count). The molecule has 1 aliphatic heterocycles. The van der Waals surface area contributed by atoms with E-state index >= 15 is 0 Å². The molecule has 168 valence electrons. The number of likely N-dealkylation sites (tertiary alicyclic amines) is 1. The molecule has 1 N–H and O–H groups in total. The van der Waals surface area contributed by atoms with E-state index in [-0.39, 0.29) is 17.9 Å². The number of nitrogens with one attached hydrogen (secondary N) is 1. The first-order valence-corrected chi connectivity index (χ1v) is 11.1. The van der Waals surface area contributed by atoms with Crippen molar-refractivity contribution in [1.82, 2.24) is 20.0 Å². The summed E-state index contributed by atoms with van der Waals surface area (Å²) in [6.07, 6.45) is 1.92. The second kappa shape index (κ2) is 9.30. The molecule has 0 radical (unpaired) electrons. The highest BCUT2D eigenvalue weighted by Gasteiger charge is 2.31. The SMILES string of the molecule is COC(C)CNC(=O)c1cc2cn(CC3CN(C(=O)c4ccc(Cl)cc4)C3)nc2cc1C. The molecule has 0 bridgehead atoms. The summed E-state index contributed by atoms with van der Waals surface area (Å²) < 4.78 is 7.10. The first-order chi connectivity index (χ1) is 15.3. The van der Waals surface area contributed by atoms with E-state index in [0.29, 0.717) is 41.7 Å². The molecule has 32 heavy (non-hydrogen) atoms. The predicted molar refractivity (Wildman–Crippen MR) is 124 cm³/mol. The third-order valence-corrected chi connectivity index (χ3v) is 6.13. The molecule has 1 aromatic heterocycles. The Morgan fingerprint density at radius 2 is 1.97 bits per heavy atom. The minimum atomic E-state index is -0.114. The lowest BCUT2D eigenvalue weighted by Gasteiger charge is -2.39. The van der Waals surface area contributed by atoms with Crippen molar-refractivity contribution in [3.8, 4) is 0 Å². The van der Waals surface area contributed by atoms with Crippen molar-refractivity contribution in [2.75, 3.05) is 26.7 Å². The quantitative estimate of drug-likeness (QED) is 0.592. The van der Waals surface area contributed by atoms with Crippen LogP contribution in [0.25, 0.3) is 10.9 Å². The van der Waals surface area contributed by atoms with Gasteiger partial charge in [-0.3, -0.25) is 14.3 Å². The topological polar surface area (TPSA) is 76.5 Å². The summed E-state index contributed by atoms with van der Waals surface area (Å²) in [4.78, 5) is 26.9. The standard InChI is InChI=1S/C24H27ClN4O3/c1-15-8-22-19(9-21(15)23(30)26-10-16(2)32-3)14-29(27-22)13-17-11-28(12-17)24(31)18-4-6-20(25)7-5-18/h4-9,14,16-17H,10-13H2,1-3H3,(H,26,30). The summed E-state index contributed by atoms with van der Waals surface area (Å²) in [5.74, 6) is 0.258. The molecule has 0 aliphatic carbocycles. The molecule has 0 saturated carbocycles. The van der Waals surface area contributed by atoms with Crippen molar-refractivity contribution in [3.05, 3.63) is 64.3 Å². The number of nitrogens with zero attached hydrogens (tertiary/aromatic N) is 3. The summed E-state index contributed by atoms with van der Waals surface area (Å²) >= 11 is 5.90. The fraction of sp³-hybridized carbons (Fsp3) is 0.375. The Labute approximate surface area is 192 Å². The average molecular weight is 455 g/mol. The van der Waals surface area contributed by atoms with E-state index in [0.717, 1.165) is 23.0 Å². The van der Waals surface area contributed by atoms with Crippen LogP contribution < -0.4 is 5.32 Å². The van der Waals surface area contributed by atoms with E-state index in [2.05, 4.69) is 10.4 Å². The number of benzene rings is 2. The Bertz CT molecular complexity index is 1140. The van der Waals surface area contributed by atoms with Crippen LogP contribution in [0.2, 0.25) is 5.02 Å². The third kappa shape index (κ3) is 4.79. The summed E-state index contributed by atoms with van der Waals surface area (Å²) in [6, 6.07) is 10.8. The van der Waals surface area contributed by atoms with Crippen LogP contribution in [0, 0.1) is 12.8 Å². The third-order valence-electron chi connectivity index (χ3n) is 5.88. The lowest BCUT2D eigenvalue weighted by Crippen LogP contribution is -2.51. The van der Waals surface area contributed by atoms with Gasteiger partial charge in [0, 0.05) is 66.9 Å². The molecule has 2 heterocycles. The van der Waals surface area contributed by atoms with Crippen LogP contribution in [0.5, 0.6) is 0 Å². The second-order valence-corrected chi connectivity index (χ2v) is 8.85. The lowest BCUT2D eigenvalue weighted by molar-refractivity contribution is 0.0462. The highest BCUT2D eigenvalue weighted by molar-refractivity contribution is 6.30. The first-order valence-electron chi connectivity index (χ1n) is 10.7. The molecule has 1 fully saturated rings. The van der Waals surface area contributed by atoms with E-state index in [1.165, 1.54) is 0 Å². The Balaban J connectivity index is 1.38. The zero-order valence-corrected chi connectivity index (χ0v) is 19.2. The van der Waals surface area contributed by atoms with Gasteiger partial charge in [0.15, 0.2) is 0 Å². The van der Waals surface area contributed by atoms with Gasteiger partial charge in [-0.25, -0.2) is 0 Å². The van der Waals surface area contributed by atoms with Crippen LogP contribution in [-0.2, 0) is 11.3 Å². The Kier molecular flexibility index (Phi) is 6.48. The summed E-state index contributed by atoms with van der Waals surface area (Å²) in [7, 11) is 1.62. The number of aryl methyl sites for hydroxylation is 1. The molecule has 0 spiro atoms. The van der Waals surface area contributed by atoms with Gasteiger partial charge < -0.3 is 15.0 Å². The lowest BCUT2D eigenvalue weighted by atomic mass is 9.99. The number of methoxy groups -OCH3 is 1. The van der Waals surface area contributed by atoms with Crippen LogP contribution in [0.1, 0.15) is 33.2 Å². The van der Waals surface area contributed by atoms with Gasteiger partial charge in [-0.05, 0) is 55.8 Å². The number of carbonyl (C=O) groups excluding carboxylic acids is 2. The average Bonchev–Trinajstić information content (AvgIpc) is 3.14. The fourth-order valence-corrected chi connectivity index (χ4v) is 4.00. The highest BCUT2D eigenvalue weighted by atomic mass is 35.5. The molecule has 1 aliphatic rings. The first kappa shape index (κ1) is 22.3. The van der Waals surface area contributed by atoms with Crippen LogP contribution >= 0.6 is 11.6 Å². The number of rotatable bonds is 7. The summed E-state index contributed by atoms with van der Waals surface area (Å²) in [5, 5.41) is 9.12. The normalized spacial score (nSPS) is 14.9. The molecule has 2 aromatic carbocycles. The zero-order chi connectivity index (χ0) is 22.8. The Morgan fingerprint density at radius 3 is 2.66 bits per heavy atom. The number of aromatic nitrogens is 2. The maximum absolute atomic E-state index is 12.6. The molecule has 1 unspecified atom stereocenters. The van der Waals surface area contributed by atoms with E-state index in [1.807, 2.05) is 41.8 Å². The minimum absolute atomic E-state index is 0.0256. The molecule has 1 atom stereocenters. The molecular formula is C24H27ClN4O3. The van der Waals surface area contributed by atoms with Gasteiger partial charge in [-0.15, -0.1) is 0 Å². The van der Waals surface area contributed by atoms with Crippen molar-refractivity contribution in [2.24, 2.45) is 5.92 Å². The smallest absolute Gasteiger partial charge is 0.253 e. The second-order valence-electron chi connectivity index (χ2n) is 8.42. The van der Waals surface area contributed by atoms with Crippen molar-refractivity contribution >= 4 is 34.3 Å². The van der Waals surface area contributed by atoms with Crippen molar-refractivity contribution in [3.63, 3.8) is 0 Å². The number of hydrogen-bond acceptors (Lipinski definition) is 4. The van der Waals surface area contributed by atoms with E-state index < -0.39 is 0 Å². The van der Waals surface area contributed by atoms with Crippen LogP contribution in [-0.4, -0.2) is 59.3 Å². The molecule has 8 heteroatoms. The molecular weight excluding hydrogens is 428 g/mol. The maximum Gasteiger partial charge on any atom is 0.253 e. The number of halogens is 1. The molecule has 3 aromatic rings. The number of amides is 2. The fourth-order valence-electron chi connectivity index (χ4n) is 3.87. The van der Waals surface area contributed by atoms with Crippen LogP contribution in [0.3, 0.4) is 0 Å². The summed E-state index contributed by atoms with van der Waals surface area (Å²) in [6.45, 7) is 6.40. The van der Waals surface area contributed by atoms with Crippen LogP contribution in [0.4, 0.5) is 0 Å². The zero-order valence-electron chi connectivity index (χ0n) is 18.5. The van der Waals surface area contributed by atoms with Crippen molar-refractivity contribution in [2.45, 2.75) is 26.5 Å². The highest BCUT2D eigenvalue weighted by Crippen LogP contribution is 2.23. The Morgan fingerprint density at radius 1 is 1.25 bits per heavy atom. The van der Waals surface area contributed by atoms with Gasteiger partial charge in [-0.2, -0.15) is 5.10 Å². The molecule has 7 nitrogen and oxygen atoms in total. The Hall–Kier alpha value is -2.90. The van der Waals surface area contributed by atoms with Gasteiger partial charge in [0.1, 0.15) is 0 Å². The van der Waals surface area contributed by atoms with E-state index in [9.17, 15) is 9.59 Å². The monoisotopic (exact) mass is 454 g/mol. The van der Waals surface area contributed by atoms with Gasteiger partial charge in [0.2, 0.25) is 0 Å². The molecule has 1 saturated heterocycles. The van der Waals surface area contributed by atoms with Gasteiger partial charge >= 0.3 is 0 Å². The number of fused-ring (bicyclic) bond motifs is 1. The molecule has 2 amide bonds. The number of hydrogen-bond donors (Lipinski definition) is 1. The van der Waals surface area contributed by atoms with E-state index in [1.54, 1.807) is 31.4 Å². The largest absolute Gasteiger partial charge is 0.380 e. The van der Waals surface area contributed by atoms with Gasteiger partial charge in [-0.1, -0.05) is 11.6 Å². The number of ether oxygens (including phenoxy) is 1. The van der Waals surface area contributed by atoms with Crippen molar-refractivity contribution in [1.29, 1.82) is 0 Å². The van der Waals surface area contributed by atoms with Gasteiger partial charge in [0.25, 0.3) is 11.8 Å².